The quantitative estimate of drug-likeness (QED) is 0.933. The first kappa shape index (κ1) is 15.9. The van der Waals surface area contributed by atoms with Crippen LogP contribution in [0.25, 0.3) is 0 Å². The van der Waals surface area contributed by atoms with Crippen LogP contribution in [0.5, 0.6) is 0 Å². The number of aliphatic carboxylic acids is 1. The maximum absolute atomic E-state index is 12.8. The van der Waals surface area contributed by atoms with E-state index in [1.807, 2.05) is 20.8 Å². The molecule has 2 rings (SSSR count). The van der Waals surface area contributed by atoms with Gasteiger partial charge in [-0.05, 0) is 31.2 Å². The van der Waals surface area contributed by atoms with E-state index < -0.39 is 17.4 Å². The second kappa shape index (κ2) is 5.72. The van der Waals surface area contributed by atoms with Gasteiger partial charge < -0.3 is 14.6 Å². The summed E-state index contributed by atoms with van der Waals surface area (Å²) in [5.74, 6) is -1.21. The number of aromatic nitrogens is 1. The summed E-state index contributed by atoms with van der Waals surface area (Å²) in [6, 6.07) is 0.797. The van der Waals surface area contributed by atoms with Crippen molar-refractivity contribution < 1.29 is 14.7 Å². The number of halogens is 1. The topological polar surface area (TPSA) is 62.5 Å². The molecule has 1 aromatic rings. The maximum atomic E-state index is 12.8. The average molecular weight is 313 g/mol. The van der Waals surface area contributed by atoms with Crippen LogP contribution in [-0.4, -0.2) is 39.0 Å². The zero-order chi connectivity index (χ0) is 15.8. The molecule has 1 aromatic heterocycles. The summed E-state index contributed by atoms with van der Waals surface area (Å²) in [7, 11) is 0. The van der Waals surface area contributed by atoms with Gasteiger partial charge in [0.1, 0.15) is 11.7 Å². The van der Waals surface area contributed by atoms with Gasteiger partial charge in [-0.15, -0.1) is 0 Å². The Bertz CT molecular complexity index is 565. The van der Waals surface area contributed by atoms with Crippen LogP contribution in [0.15, 0.2) is 12.3 Å². The number of carboxylic acids is 1. The number of rotatable bonds is 3. The molecule has 1 fully saturated rings. The predicted octanol–water partition coefficient (Wildman–Crippen LogP) is 2.88. The van der Waals surface area contributed by atoms with E-state index >= 15 is 0 Å². The Morgan fingerprint density at radius 2 is 2.14 bits per heavy atom. The summed E-state index contributed by atoms with van der Waals surface area (Å²) < 4.78 is 1.76. The highest BCUT2D eigenvalue weighted by Gasteiger charge is 2.45. The van der Waals surface area contributed by atoms with Gasteiger partial charge in [0.15, 0.2) is 0 Å². The molecule has 1 atom stereocenters. The van der Waals surface area contributed by atoms with Crippen molar-refractivity contribution in [2.24, 2.45) is 5.41 Å². The Morgan fingerprint density at radius 3 is 2.71 bits per heavy atom. The molecule has 2 heterocycles. The lowest BCUT2D eigenvalue weighted by Crippen LogP contribution is -2.56. The zero-order valence-corrected chi connectivity index (χ0v) is 13.4. The van der Waals surface area contributed by atoms with Crippen LogP contribution in [0.1, 0.15) is 44.1 Å². The predicted molar refractivity (Wildman–Crippen MR) is 80.6 cm³/mol. The summed E-state index contributed by atoms with van der Waals surface area (Å²) in [5.41, 5.74) is 0.0131. The third-order valence-electron chi connectivity index (χ3n) is 4.19. The smallest absolute Gasteiger partial charge is 0.326 e. The van der Waals surface area contributed by atoms with Crippen molar-refractivity contribution in [1.82, 2.24) is 9.47 Å². The summed E-state index contributed by atoms with van der Waals surface area (Å²) in [6.07, 6.45) is 3.30. The number of hydrogen-bond donors (Lipinski definition) is 1. The van der Waals surface area contributed by atoms with Gasteiger partial charge in [0.2, 0.25) is 0 Å². The van der Waals surface area contributed by atoms with E-state index in [2.05, 4.69) is 0 Å². The molecular formula is C15H21ClN2O3. The molecule has 0 saturated carbocycles. The van der Waals surface area contributed by atoms with Crippen LogP contribution >= 0.6 is 11.6 Å². The third kappa shape index (κ3) is 2.93. The fraction of sp³-hybridized carbons (Fsp3) is 0.600. The molecule has 6 heteroatoms. The molecule has 1 unspecified atom stereocenters. The minimum absolute atomic E-state index is 0.260. The van der Waals surface area contributed by atoms with Crippen LogP contribution < -0.4 is 0 Å². The standard InChI is InChI=1S/C15H21ClN2O3/c1-4-17-9-10(16)8-11(17)13(19)18-7-5-6-15(2,3)12(18)14(20)21/h8-9,12H,4-7H2,1-3H3,(H,20,21). The molecule has 116 valence electrons. The van der Waals surface area contributed by atoms with Gasteiger partial charge in [0.25, 0.3) is 5.91 Å². The summed E-state index contributed by atoms with van der Waals surface area (Å²) in [6.45, 7) is 6.80. The van der Waals surface area contributed by atoms with Gasteiger partial charge in [0, 0.05) is 19.3 Å². The monoisotopic (exact) mass is 312 g/mol. The van der Waals surface area contributed by atoms with E-state index in [-0.39, 0.29) is 5.91 Å². The molecule has 1 amide bonds. The number of amides is 1. The van der Waals surface area contributed by atoms with Crippen LogP contribution in [0, 0.1) is 5.41 Å². The SMILES string of the molecule is CCn1cc(Cl)cc1C(=O)N1CCCC(C)(C)C1C(=O)O. The van der Waals surface area contributed by atoms with Gasteiger partial charge in [-0.1, -0.05) is 25.4 Å². The van der Waals surface area contributed by atoms with E-state index in [1.165, 1.54) is 4.90 Å². The summed E-state index contributed by atoms with van der Waals surface area (Å²) in [5, 5.41) is 10.0. The van der Waals surface area contributed by atoms with E-state index in [0.29, 0.717) is 23.8 Å². The number of aryl methyl sites for hydroxylation is 1. The highest BCUT2D eigenvalue weighted by Crippen LogP contribution is 2.36. The van der Waals surface area contributed by atoms with Crippen molar-refractivity contribution in [3.05, 3.63) is 23.0 Å². The highest BCUT2D eigenvalue weighted by molar-refractivity contribution is 6.31. The van der Waals surface area contributed by atoms with Crippen molar-refractivity contribution in [3.8, 4) is 0 Å². The van der Waals surface area contributed by atoms with Gasteiger partial charge in [0.05, 0.1) is 5.02 Å². The molecule has 0 radical (unpaired) electrons. The van der Waals surface area contributed by atoms with Crippen LogP contribution in [0.3, 0.4) is 0 Å². The maximum Gasteiger partial charge on any atom is 0.326 e. The fourth-order valence-corrected chi connectivity index (χ4v) is 3.36. The van der Waals surface area contributed by atoms with Crippen LogP contribution in [0.4, 0.5) is 0 Å². The number of carboxylic acid groups (broad SMARTS) is 1. The molecule has 1 N–H and O–H groups in total. The third-order valence-corrected chi connectivity index (χ3v) is 4.40. The van der Waals surface area contributed by atoms with Crippen molar-refractivity contribution in [2.75, 3.05) is 6.54 Å². The molecular weight excluding hydrogens is 292 g/mol. The van der Waals surface area contributed by atoms with Gasteiger partial charge in [-0.25, -0.2) is 4.79 Å². The lowest BCUT2D eigenvalue weighted by Gasteiger charge is -2.44. The highest BCUT2D eigenvalue weighted by atomic mass is 35.5. The summed E-state index contributed by atoms with van der Waals surface area (Å²) >= 11 is 5.97. The first-order chi connectivity index (χ1) is 9.77. The lowest BCUT2D eigenvalue weighted by molar-refractivity contribution is -0.148. The fourth-order valence-electron chi connectivity index (χ4n) is 3.14. The molecule has 21 heavy (non-hydrogen) atoms. The molecule has 0 aliphatic carbocycles. The normalized spacial score (nSPS) is 21.3. The number of carbonyl (C=O) groups is 2. The number of nitrogens with zero attached hydrogens (tertiary/aromatic N) is 2. The van der Waals surface area contributed by atoms with Gasteiger partial charge >= 0.3 is 5.97 Å². The van der Waals surface area contributed by atoms with E-state index in [0.717, 1.165) is 12.8 Å². The minimum Gasteiger partial charge on any atom is -0.480 e. The number of hydrogen-bond acceptors (Lipinski definition) is 2. The number of carbonyl (C=O) groups excluding carboxylic acids is 1. The van der Waals surface area contributed by atoms with E-state index in [9.17, 15) is 14.7 Å². The minimum atomic E-state index is -0.950. The van der Waals surface area contributed by atoms with Crippen LogP contribution in [0.2, 0.25) is 5.02 Å². The molecule has 0 aromatic carbocycles. The Kier molecular flexibility index (Phi) is 4.33. The first-order valence-corrected chi connectivity index (χ1v) is 7.55. The Balaban J connectivity index is 2.38. The number of piperidine rings is 1. The molecule has 0 bridgehead atoms. The molecule has 5 nitrogen and oxygen atoms in total. The van der Waals surface area contributed by atoms with Crippen LogP contribution in [-0.2, 0) is 11.3 Å². The largest absolute Gasteiger partial charge is 0.480 e. The molecule has 1 aliphatic heterocycles. The average Bonchev–Trinajstić information content (AvgIpc) is 2.77. The van der Waals surface area contributed by atoms with Crippen molar-refractivity contribution in [1.29, 1.82) is 0 Å². The lowest BCUT2D eigenvalue weighted by atomic mass is 9.76. The van der Waals surface area contributed by atoms with Crippen molar-refractivity contribution in [3.63, 3.8) is 0 Å². The van der Waals surface area contributed by atoms with E-state index in [4.69, 9.17) is 11.6 Å². The summed E-state index contributed by atoms with van der Waals surface area (Å²) in [4.78, 5) is 25.9. The molecule has 1 saturated heterocycles. The number of likely N-dealkylation sites (tertiary alicyclic amines) is 1. The van der Waals surface area contributed by atoms with Gasteiger partial charge in [-0.3, -0.25) is 4.79 Å². The first-order valence-electron chi connectivity index (χ1n) is 7.17. The Hall–Kier alpha value is -1.49. The van der Waals surface area contributed by atoms with Crippen molar-refractivity contribution >= 4 is 23.5 Å². The van der Waals surface area contributed by atoms with Gasteiger partial charge in [-0.2, -0.15) is 0 Å². The molecule has 1 aliphatic rings. The zero-order valence-electron chi connectivity index (χ0n) is 12.6. The second-order valence-electron chi connectivity index (χ2n) is 6.16. The molecule has 0 spiro atoms. The Labute approximate surface area is 129 Å². The second-order valence-corrected chi connectivity index (χ2v) is 6.60. The van der Waals surface area contributed by atoms with E-state index in [1.54, 1.807) is 16.8 Å². The Morgan fingerprint density at radius 1 is 1.48 bits per heavy atom. The van der Waals surface area contributed by atoms with Crippen molar-refractivity contribution in [2.45, 2.75) is 46.2 Å².